The van der Waals surface area contributed by atoms with E-state index in [1.54, 1.807) is 16.7 Å². The number of nitrogens with zero attached hydrogens (tertiary/aromatic N) is 2. The molecule has 27 heavy (non-hydrogen) atoms. The number of rotatable bonds is 6. The summed E-state index contributed by atoms with van der Waals surface area (Å²) in [4.78, 5) is 17.7. The van der Waals surface area contributed by atoms with Crippen molar-refractivity contribution in [2.45, 2.75) is 18.0 Å². The van der Waals surface area contributed by atoms with Crippen LogP contribution in [0.1, 0.15) is 11.1 Å². The molecule has 2 aromatic rings. The lowest BCUT2D eigenvalue weighted by Crippen LogP contribution is -2.35. The molecule has 2 aromatic carbocycles. The summed E-state index contributed by atoms with van der Waals surface area (Å²) in [5.74, 6) is 0. The summed E-state index contributed by atoms with van der Waals surface area (Å²) < 4.78 is 5.38. The molecule has 144 valence electrons. The molecule has 1 heterocycles. The fourth-order valence-corrected chi connectivity index (χ4v) is 3.53. The maximum atomic E-state index is 12.5. The minimum Gasteiger partial charge on any atom is -0.379 e. The van der Waals surface area contributed by atoms with Crippen LogP contribution in [0.15, 0.2) is 53.4 Å². The molecule has 0 aliphatic carbocycles. The van der Waals surface area contributed by atoms with Crippen molar-refractivity contribution in [3.05, 3.63) is 59.7 Å². The van der Waals surface area contributed by atoms with Crippen LogP contribution in [0.25, 0.3) is 0 Å². The second-order valence-electron chi connectivity index (χ2n) is 6.72. The summed E-state index contributed by atoms with van der Waals surface area (Å²) in [6.07, 6.45) is 2.05. The molecule has 1 N–H and O–H groups in total. The Labute approximate surface area is 165 Å². The van der Waals surface area contributed by atoms with Gasteiger partial charge < -0.3 is 15.0 Å². The van der Waals surface area contributed by atoms with Gasteiger partial charge in [-0.15, -0.1) is 11.8 Å². The van der Waals surface area contributed by atoms with E-state index in [2.05, 4.69) is 40.7 Å². The molecule has 0 radical (unpaired) electrons. The minimum absolute atomic E-state index is 0.106. The van der Waals surface area contributed by atoms with Crippen LogP contribution >= 0.6 is 11.8 Å². The van der Waals surface area contributed by atoms with Crippen LogP contribution in [-0.2, 0) is 17.8 Å². The Morgan fingerprint density at radius 2 is 1.89 bits per heavy atom. The summed E-state index contributed by atoms with van der Waals surface area (Å²) in [7, 11) is 1.81. The van der Waals surface area contributed by atoms with E-state index in [9.17, 15) is 4.79 Å². The lowest BCUT2D eigenvalue weighted by Gasteiger charge is -2.26. The molecule has 0 aromatic heterocycles. The van der Waals surface area contributed by atoms with Gasteiger partial charge in [-0.3, -0.25) is 4.90 Å². The Morgan fingerprint density at radius 3 is 2.59 bits per heavy atom. The first-order chi connectivity index (χ1) is 13.1. The second-order valence-corrected chi connectivity index (χ2v) is 7.60. The van der Waals surface area contributed by atoms with Crippen molar-refractivity contribution < 1.29 is 9.53 Å². The van der Waals surface area contributed by atoms with E-state index in [1.165, 1.54) is 10.5 Å². The van der Waals surface area contributed by atoms with Gasteiger partial charge >= 0.3 is 6.03 Å². The summed E-state index contributed by atoms with van der Waals surface area (Å²) in [5, 5.41) is 2.97. The van der Waals surface area contributed by atoms with Gasteiger partial charge in [0.15, 0.2) is 0 Å². The number of hydrogen-bond acceptors (Lipinski definition) is 4. The van der Waals surface area contributed by atoms with Gasteiger partial charge in [0.05, 0.1) is 13.2 Å². The van der Waals surface area contributed by atoms with Gasteiger partial charge in [0.2, 0.25) is 0 Å². The first kappa shape index (κ1) is 19.7. The van der Waals surface area contributed by atoms with Crippen LogP contribution in [0.4, 0.5) is 10.5 Å². The predicted octanol–water partition coefficient (Wildman–Crippen LogP) is 3.90. The van der Waals surface area contributed by atoms with Crippen LogP contribution in [0.3, 0.4) is 0 Å². The minimum atomic E-state index is -0.106. The van der Waals surface area contributed by atoms with Crippen molar-refractivity contribution in [3.8, 4) is 0 Å². The van der Waals surface area contributed by atoms with E-state index in [-0.39, 0.29) is 6.03 Å². The van der Waals surface area contributed by atoms with E-state index in [0.717, 1.165) is 44.1 Å². The summed E-state index contributed by atoms with van der Waals surface area (Å²) >= 11 is 1.71. The summed E-state index contributed by atoms with van der Waals surface area (Å²) in [6.45, 7) is 5.06. The number of nitrogens with one attached hydrogen (secondary N) is 1. The van der Waals surface area contributed by atoms with Crippen molar-refractivity contribution in [3.63, 3.8) is 0 Å². The van der Waals surface area contributed by atoms with Crippen LogP contribution in [-0.4, -0.2) is 55.4 Å². The zero-order chi connectivity index (χ0) is 19.1. The summed E-state index contributed by atoms with van der Waals surface area (Å²) in [6, 6.07) is 16.3. The Morgan fingerprint density at radius 1 is 1.15 bits per heavy atom. The fraction of sp³-hybridized carbons (Fsp3) is 0.381. The van der Waals surface area contributed by atoms with Crippen LogP contribution in [0.5, 0.6) is 0 Å². The van der Waals surface area contributed by atoms with Crippen molar-refractivity contribution in [1.29, 1.82) is 0 Å². The number of anilines is 1. The molecule has 1 aliphatic heterocycles. The molecular weight excluding hydrogens is 358 g/mol. The molecule has 2 amide bonds. The first-order valence-corrected chi connectivity index (χ1v) is 10.4. The van der Waals surface area contributed by atoms with Crippen molar-refractivity contribution in [2.75, 3.05) is 44.9 Å². The quantitative estimate of drug-likeness (QED) is 0.766. The highest BCUT2D eigenvalue weighted by atomic mass is 32.2. The normalized spacial score (nSPS) is 14.7. The molecule has 1 saturated heterocycles. The molecule has 0 spiro atoms. The highest BCUT2D eigenvalue weighted by molar-refractivity contribution is 7.98. The van der Waals surface area contributed by atoms with Crippen LogP contribution in [0.2, 0.25) is 0 Å². The SMILES string of the molecule is CSc1cccc(CN(C)C(=O)Nc2ccc(CN3CCOCC3)cc2)c1. The third-order valence-corrected chi connectivity index (χ3v) is 5.34. The number of carbonyl (C=O) groups excluding carboxylic acids is 1. The molecule has 1 aliphatic rings. The molecule has 0 atom stereocenters. The molecule has 3 rings (SSSR count). The molecule has 1 fully saturated rings. The lowest BCUT2D eigenvalue weighted by molar-refractivity contribution is 0.0342. The third kappa shape index (κ3) is 5.99. The number of thioether (sulfide) groups is 1. The molecule has 6 heteroatoms. The van der Waals surface area contributed by atoms with Gasteiger partial charge in [0, 0.05) is 43.8 Å². The van der Waals surface area contributed by atoms with Gasteiger partial charge in [0.1, 0.15) is 0 Å². The maximum Gasteiger partial charge on any atom is 0.321 e. The predicted molar refractivity (Wildman–Crippen MR) is 111 cm³/mol. The Balaban J connectivity index is 1.51. The highest BCUT2D eigenvalue weighted by Gasteiger charge is 2.12. The maximum absolute atomic E-state index is 12.5. The topological polar surface area (TPSA) is 44.8 Å². The van der Waals surface area contributed by atoms with Crippen molar-refractivity contribution in [2.24, 2.45) is 0 Å². The zero-order valence-electron chi connectivity index (χ0n) is 16.0. The molecule has 0 bridgehead atoms. The van der Waals surface area contributed by atoms with Gasteiger partial charge in [-0.05, 0) is 41.6 Å². The third-order valence-electron chi connectivity index (χ3n) is 4.62. The molecule has 5 nitrogen and oxygen atoms in total. The number of ether oxygens (including phenoxy) is 1. The van der Waals surface area contributed by atoms with Gasteiger partial charge in [-0.2, -0.15) is 0 Å². The van der Waals surface area contributed by atoms with Crippen molar-refractivity contribution >= 4 is 23.5 Å². The van der Waals surface area contributed by atoms with Crippen molar-refractivity contribution in [1.82, 2.24) is 9.80 Å². The first-order valence-electron chi connectivity index (χ1n) is 9.18. The monoisotopic (exact) mass is 385 g/mol. The second kappa shape index (κ2) is 9.78. The largest absolute Gasteiger partial charge is 0.379 e. The van der Waals surface area contributed by atoms with E-state index in [4.69, 9.17) is 4.74 Å². The van der Waals surface area contributed by atoms with Gasteiger partial charge in [-0.1, -0.05) is 24.3 Å². The zero-order valence-corrected chi connectivity index (χ0v) is 16.8. The smallest absolute Gasteiger partial charge is 0.321 e. The van der Waals surface area contributed by atoms with Gasteiger partial charge in [-0.25, -0.2) is 4.79 Å². The molecule has 0 unspecified atom stereocenters. The molecular formula is C21H27N3O2S. The average molecular weight is 386 g/mol. The Kier molecular flexibility index (Phi) is 7.15. The van der Waals surface area contributed by atoms with E-state index < -0.39 is 0 Å². The fourth-order valence-electron chi connectivity index (χ4n) is 3.05. The van der Waals surface area contributed by atoms with E-state index in [0.29, 0.717) is 6.54 Å². The number of hydrogen-bond donors (Lipinski definition) is 1. The number of carbonyl (C=O) groups is 1. The molecule has 0 saturated carbocycles. The standard InChI is InChI=1S/C21H27N3O2S/c1-23(15-18-4-3-5-20(14-18)27-2)21(25)22-19-8-6-17(7-9-19)16-24-10-12-26-13-11-24/h3-9,14H,10-13,15-16H2,1-2H3,(H,22,25). The van der Waals surface area contributed by atoms with Crippen LogP contribution < -0.4 is 5.32 Å². The van der Waals surface area contributed by atoms with Gasteiger partial charge in [0.25, 0.3) is 0 Å². The summed E-state index contributed by atoms with van der Waals surface area (Å²) in [5.41, 5.74) is 3.19. The number of benzene rings is 2. The van der Waals surface area contributed by atoms with Crippen LogP contribution in [0, 0.1) is 0 Å². The van der Waals surface area contributed by atoms with E-state index in [1.807, 2.05) is 31.3 Å². The number of amides is 2. The Bertz CT molecular complexity index is 745. The number of urea groups is 1. The van der Waals surface area contributed by atoms with E-state index >= 15 is 0 Å². The Hall–Kier alpha value is -2.02. The number of morpholine rings is 1. The average Bonchev–Trinajstić information content (AvgIpc) is 2.70. The highest BCUT2D eigenvalue weighted by Crippen LogP contribution is 2.17. The lowest BCUT2D eigenvalue weighted by atomic mass is 10.2.